The van der Waals surface area contributed by atoms with Crippen molar-refractivity contribution in [1.29, 1.82) is 0 Å². The first kappa shape index (κ1) is 13.4. The van der Waals surface area contributed by atoms with Crippen LogP contribution in [0.3, 0.4) is 0 Å². The fourth-order valence-corrected chi connectivity index (χ4v) is 2.40. The highest BCUT2D eigenvalue weighted by atomic mass is 16.5. The second-order valence-corrected chi connectivity index (χ2v) is 5.49. The molecule has 1 aromatic carbocycles. The van der Waals surface area contributed by atoms with Gasteiger partial charge in [-0.25, -0.2) is 0 Å². The number of nitrogens with one attached hydrogen (secondary N) is 1. The molecule has 100 valence electrons. The minimum Gasteiger partial charge on any atom is -0.494 e. The van der Waals surface area contributed by atoms with Crippen molar-refractivity contribution in [2.24, 2.45) is 0 Å². The molecule has 1 fully saturated rings. The Morgan fingerprint density at radius 2 is 2.06 bits per heavy atom. The number of benzene rings is 1. The van der Waals surface area contributed by atoms with Gasteiger partial charge in [0.1, 0.15) is 5.75 Å². The maximum Gasteiger partial charge on any atom is 0.119 e. The molecule has 0 bridgehead atoms. The summed E-state index contributed by atoms with van der Waals surface area (Å²) in [7, 11) is 0. The molecule has 0 atom stereocenters. The summed E-state index contributed by atoms with van der Waals surface area (Å²) in [5.74, 6) is 0.970. The quantitative estimate of drug-likeness (QED) is 0.808. The van der Waals surface area contributed by atoms with E-state index in [9.17, 15) is 0 Å². The van der Waals surface area contributed by atoms with Gasteiger partial charge in [0, 0.05) is 31.7 Å². The van der Waals surface area contributed by atoms with E-state index < -0.39 is 0 Å². The number of hydrogen-bond donors (Lipinski definition) is 1. The molecule has 0 aliphatic carbocycles. The van der Waals surface area contributed by atoms with E-state index in [0.717, 1.165) is 45.0 Å². The lowest BCUT2D eigenvalue weighted by Gasteiger charge is -2.42. The fourth-order valence-electron chi connectivity index (χ4n) is 2.40. The van der Waals surface area contributed by atoms with Gasteiger partial charge in [-0.15, -0.1) is 0 Å². The van der Waals surface area contributed by atoms with Crippen LogP contribution in [-0.2, 0) is 0 Å². The third kappa shape index (κ3) is 3.72. The van der Waals surface area contributed by atoms with Crippen LogP contribution >= 0.6 is 0 Å². The molecule has 0 unspecified atom stereocenters. The zero-order valence-corrected chi connectivity index (χ0v) is 11.5. The van der Waals surface area contributed by atoms with E-state index in [0.29, 0.717) is 0 Å². The molecule has 0 amide bonds. The average Bonchev–Trinajstić information content (AvgIpc) is 2.37. The van der Waals surface area contributed by atoms with Crippen molar-refractivity contribution in [1.82, 2.24) is 10.2 Å². The van der Waals surface area contributed by atoms with Crippen LogP contribution in [-0.4, -0.2) is 43.2 Å². The summed E-state index contributed by atoms with van der Waals surface area (Å²) in [6, 6.07) is 10.0. The number of piperazine rings is 1. The topological polar surface area (TPSA) is 24.5 Å². The minimum atomic E-state index is 0.269. The molecular weight excluding hydrogens is 224 g/mol. The van der Waals surface area contributed by atoms with Crippen LogP contribution in [0, 0.1) is 0 Å². The molecule has 1 heterocycles. The monoisotopic (exact) mass is 248 g/mol. The Kier molecular flexibility index (Phi) is 4.61. The molecule has 1 aliphatic heterocycles. The SMILES string of the molecule is CC1(C)CNCCN1CCCOc1ccccc1. The largest absolute Gasteiger partial charge is 0.494 e. The summed E-state index contributed by atoms with van der Waals surface area (Å²) in [6.07, 6.45) is 1.08. The van der Waals surface area contributed by atoms with Gasteiger partial charge in [0.05, 0.1) is 6.61 Å². The summed E-state index contributed by atoms with van der Waals surface area (Å²) in [5, 5.41) is 3.45. The zero-order valence-electron chi connectivity index (χ0n) is 11.5. The molecular formula is C15H24N2O. The maximum atomic E-state index is 5.72. The van der Waals surface area contributed by atoms with E-state index in [4.69, 9.17) is 4.74 Å². The lowest BCUT2D eigenvalue weighted by molar-refractivity contribution is 0.0842. The van der Waals surface area contributed by atoms with Crippen molar-refractivity contribution in [2.45, 2.75) is 25.8 Å². The van der Waals surface area contributed by atoms with Gasteiger partial charge in [0.25, 0.3) is 0 Å². The Bertz CT molecular complexity index is 351. The Morgan fingerprint density at radius 1 is 1.28 bits per heavy atom. The van der Waals surface area contributed by atoms with Crippen LogP contribution in [0.2, 0.25) is 0 Å². The lowest BCUT2D eigenvalue weighted by Crippen LogP contribution is -2.58. The van der Waals surface area contributed by atoms with Crippen LogP contribution < -0.4 is 10.1 Å². The van der Waals surface area contributed by atoms with Crippen LogP contribution in [0.1, 0.15) is 20.3 Å². The van der Waals surface area contributed by atoms with Crippen molar-refractivity contribution in [2.75, 3.05) is 32.8 Å². The van der Waals surface area contributed by atoms with E-state index >= 15 is 0 Å². The highest BCUT2D eigenvalue weighted by Gasteiger charge is 2.28. The minimum absolute atomic E-state index is 0.269. The molecule has 0 saturated carbocycles. The van der Waals surface area contributed by atoms with Crippen LogP contribution in [0.15, 0.2) is 30.3 Å². The van der Waals surface area contributed by atoms with E-state index in [2.05, 4.69) is 24.1 Å². The first-order chi connectivity index (χ1) is 8.68. The molecule has 2 rings (SSSR count). The summed E-state index contributed by atoms with van der Waals surface area (Å²) in [6.45, 7) is 9.83. The molecule has 0 spiro atoms. The highest BCUT2D eigenvalue weighted by Crippen LogP contribution is 2.16. The summed E-state index contributed by atoms with van der Waals surface area (Å²) < 4.78 is 5.72. The average molecular weight is 248 g/mol. The molecule has 1 aliphatic rings. The first-order valence-corrected chi connectivity index (χ1v) is 6.82. The van der Waals surface area contributed by atoms with Crippen LogP contribution in [0.25, 0.3) is 0 Å². The van der Waals surface area contributed by atoms with Gasteiger partial charge in [-0.1, -0.05) is 18.2 Å². The molecule has 3 nitrogen and oxygen atoms in total. The fraction of sp³-hybridized carbons (Fsp3) is 0.600. The first-order valence-electron chi connectivity index (χ1n) is 6.82. The highest BCUT2D eigenvalue weighted by molar-refractivity contribution is 5.20. The number of hydrogen-bond acceptors (Lipinski definition) is 3. The van der Waals surface area contributed by atoms with Crippen molar-refractivity contribution >= 4 is 0 Å². The molecule has 1 aromatic rings. The smallest absolute Gasteiger partial charge is 0.119 e. The number of nitrogens with zero attached hydrogens (tertiary/aromatic N) is 1. The second-order valence-electron chi connectivity index (χ2n) is 5.49. The van der Waals surface area contributed by atoms with Crippen LogP contribution in [0.4, 0.5) is 0 Å². The van der Waals surface area contributed by atoms with E-state index in [-0.39, 0.29) is 5.54 Å². The Hall–Kier alpha value is -1.06. The van der Waals surface area contributed by atoms with Gasteiger partial charge < -0.3 is 10.1 Å². The maximum absolute atomic E-state index is 5.72. The number of ether oxygens (including phenoxy) is 1. The lowest BCUT2D eigenvalue weighted by atomic mass is 10.00. The van der Waals surface area contributed by atoms with E-state index in [1.807, 2.05) is 30.3 Å². The third-order valence-corrected chi connectivity index (χ3v) is 3.56. The van der Waals surface area contributed by atoms with E-state index in [1.54, 1.807) is 0 Å². The number of rotatable bonds is 5. The zero-order chi connectivity index (χ0) is 12.8. The van der Waals surface area contributed by atoms with Gasteiger partial charge in [0.15, 0.2) is 0 Å². The molecule has 1 N–H and O–H groups in total. The molecule has 0 radical (unpaired) electrons. The predicted octanol–water partition coefficient (Wildman–Crippen LogP) is 2.14. The molecule has 0 aromatic heterocycles. The molecule has 18 heavy (non-hydrogen) atoms. The van der Waals surface area contributed by atoms with Gasteiger partial charge in [-0.2, -0.15) is 0 Å². The molecule has 1 saturated heterocycles. The van der Waals surface area contributed by atoms with Gasteiger partial charge in [-0.3, -0.25) is 4.90 Å². The van der Waals surface area contributed by atoms with Crippen LogP contribution in [0.5, 0.6) is 5.75 Å². The predicted molar refractivity (Wildman–Crippen MR) is 75.1 cm³/mol. The van der Waals surface area contributed by atoms with Crippen molar-refractivity contribution < 1.29 is 4.74 Å². The third-order valence-electron chi connectivity index (χ3n) is 3.56. The molecule has 3 heteroatoms. The Morgan fingerprint density at radius 3 is 2.78 bits per heavy atom. The number of para-hydroxylation sites is 1. The van der Waals surface area contributed by atoms with Gasteiger partial charge in [0.2, 0.25) is 0 Å². The summed E-state index contributed by atoms with van der Waals surface area (Å²) >= 11 is 0. The Labute approximate surface area is 110 Å². The normalized spacial score (nSPS) is 19.7. The van der Waals surface area contributed by atoms with Crippen molar-refractivity contribution in [3.05, 3.63) is 30.3 Å². The van der Waals surface area contributed by atoms with Crippen molar-refractivity contribution in [3.8, 4) is 5.75 Å². The standard InChI is InChI=1S/C15H24N2O/c1-15(2)13-16-9-11-17(15)10-6-12-18-14-7-4-3-5-8-14/h3-5,7-8,16H,6,9-13H2,1-2H3. The second kappa shape index (κ2) is 6.21. The van der Waals surface area contributed by atoms with E-state index in [1.165, 1.54) is 0 Å². The van der Waals surface area contributed by atoms with Crippen molar-refractivity contribution in [3.63, 3.8) is 0 Å². The summed E-state index contributed by atoms with van der Waals surface area (Å²) in [5.41, 5.74) is 0.269. The van der Waals surface area contributed by atoms with Gasteiger partial charge >= 0.3 is 0 Å². The Balaban J connectivity index is 1.69. The van der Waals surface area contributed by atoms with Gasteiger partial charge in [-0.05, 0) is 32.4 Å². The summed E-state index contributed by atoms with van der Waals surface area (Å²) in [4.78, 5) is 2.55.